The van der Waals surface area contributed by atoms with Crippen molar-refractivity contribution in [3.8, 4) is 0 Å². The minimum atomic E-state index is -0.361. The summed E-state index contributed by atoms with van der Waals surface area (Å²) in [7, 11) is 1.89. The van der Waals surface area contributed by atoms with E-state index in [2.05, 4.69) is 0 Å². The van der Waals surface area contributed by atoms with Crippen molar-refractivity contribution in [3.63, 3.8) is 0 Å². The molecule has 1 rings (SSSR count). The van der Waals surface area contributed by atoms with Gasteiger partial charge in [0.2, 0.25) is 0 Å². The van der Waals surface area contributed by atoms with Crippen molar-refractivity contribution in [1.82, 2.24) is 0 Å². The van der Waals surface area contributed by atoms with Crippen LogP contribution >= 0.6 is 0 Å². The van der Waals surface area contributed by atoms with Gasteiger partial charge in [-0.2, -0.15) is 0 Å². The van der Waals surface area contributed by atoms with E-state index in [0.717, 1.165) is 0 Å². The van der Waals surface area contributed by atoms with Gasteiger partial charge in [0, 0.05) is 26.3 Å². The summed E-state index contributed by atoms with van der Waals surface area (Å²) in [6, 6.07) is 0.0231. The number of esters is 2. The highest BCUT2D eigenvalue weighted by Gasteiger charge is 2.35. The van der Waals surface area contributed by atoms with Gasteiger partial charge in [-0.1, -0.05) is 0 Å². The summed E-state index contributed by atoms with van der Waals surface area (Å²) in [5.74, 6) is -0.703. The van der Waals surface area contributed by atoms with Crippen LogP contribution < -0.4 is 0 Å². The summed E-state index contributed by atoms with van der Waals surface area (Å²) in [4.78, 5) is 21.4. The molecular weight excluding hydrogens is 199 g/mol. The maximum absolute atomic E-state index is 10.8. The molecule has 0 amide bonds. The van der Waals surface area contributed by atoms with Gasteiger partial charge in [0.1, 0.15) is 26.7 Å². The molecule has 15 heavy (non-hydrogen) atoms. The van der Waals surface area contributed by atoms with Gasteiger partial charge in [0.25, 0.3) is 0 Å². The average Bonchev–Trinajstić information content (AvgIpc) is 2.41. The molecule has 0 bridgehead atoms. The Kier molecular flexibility index (Phi) is 4.14. The molecule has 6 heteroatoms. The Morgan fingerprint density at radius 2 is 2.07 bits per heavy atom. The van der Waals surface area contributed by atoms with Crippen molar-refractivity contribution in [1.29, 1.82) is 0 Å². The average molecular weight is 214 g/mol. The van der Waals surface area contributed by atoms with E-state index < -0.39 is 0 Å². The third-order valence-electron chi connectivity index (χ3n) is 2.15. The molecule has 0 radical (unpaired) electrons. The van der Waals surface area contributed by atoms with Crippen molar-refractivity contribution >= 4 is 19.8 Å². The summed E-state index contributed by atoms with van der Waals surface area (Å²) < 4.78 is 15.4. The zero-order valence-electron chi connectivity index (χ0n) is 9.19. The molecule has 0 spiro atoms. The predicted molar refractivity (Wildman–Crippen MR) is 54.0 cm³/mol. The van der Waals surface area contributed by atoms with Crippen LogP contribution in [0.25, 0.3) is 0 Å². The predicted octanol–water partition coefficient (Wildman–Crippen LogP) is -0.771. The normalized spacial score (nSPS) is 29.9. The number of rotatable bonds is 3. The monoisotopic (exact) mass is 214 g/mol. The quantitative estimate of drug-likeness (QED) is 0.456. The first-order chi connectivity index (χ1) is 6.99. The van der Waals surface area contributed by atoms with E-state index in [4.69, 9.17) is 14.2 Å². The van der Waals surface area contributed by atoms with E-state index in [0.29, 0.717) is 6.42 Å². The van der Waals surface area contributed by atoms with Crippen LogP contribution in [-0.2, 0) is 23.8 Å². The zero-order chi connectivity index (χ0) is 11.4. The van der Waals surface area contributed by atoms with Crippen molar-refractivity contribution in [2.45, 2.75) is 38.5 Å². The second kappa shape index (κ2) is 5.16. The van der Waals surface area contributed by atoms with Crippen LogP contribution in [0.3, 0.4) is 0 Å². The Balaban J connectivity index is 2.45. The molecule has 1 aliphatic heterocycles. The van der Waals surface area contributed by atoms with E-state index in [9.17, 15) is 9.59 Å². The summed E-state index contributed by atoms with van der Waals surface area (Å²) in [5, 5.41) is 0. The fourth-order valence-corrected chi connectivity index (χ4v) is 1.60. The molecule has 1 fully saturated rings. The molecule has 1 aliphatic rings. The maximum atomic E-state index is 10.8. The smallest absolute Gasteiger partial charge is 0.302 e. The lowest BCUT2D eigenvalue weighted by atomic mass is 9.96. The van der Waals surface area contributed by atoms with E-state index >= 15 is 0 Å². The van der Waals surface area contributed by atoms with Crippen molar-refractivity contribution in [2.75, 3.05) is 6.61 Å². The van der Waals surface area contributed by atoms with Crippen molar-refractivity contribution in [2.24, 2.45) is 0 Å². The third kappa shape index (κ3) is 3.91. The van der Waals surface area contributed by atoms with Crippen LogP contribution in [0, 0.1) is 0 Å². The van der Waals surface area contributed by atoms with Crippen LogP contribution in [-0.4, -0.2) is 44.6 Å². The minimum Gasteiger partial charge on any atom is -0.463 e. The molecule has 3 atom stereocenters. The Labute approximate surface area is 89.5 Å². The summed E-state index contributed by atoms with van der Waals surface area (Å²) >= 11 is 0. The van der Waals surface area contributed by atoms with Gasteiger partial charge in [-0.15, -0.1) is 0 Å². The summed E-state index contributed by atoms with van der Waals surface area (Å²) in [6.45, 7) is 2.82. The Hall–Kier alpha value is -1.04. The first kappa shape index (κ1) is 12.0. The molecule has 5 nitrogen and oxygen atoms in total. The number of carbonyl (C=O) groups excluding carboxylic acids is 2. The molecule has 1 heterocycles. The van der Waals surface area contributed by atoms with Crippen LogP contribution in [0.5, 0.6) is 0 Å². The largest absolute Gasteiger partial charge is 0.463 e. The van der Waals surface area contributed by atoms with Gasteiger partial charge >= 0.3 is 11.9 Å². The first-order valence-electron chi connectivity index (χ1n) is 4.95. The lowest BCUT2D eigenvalue weighted by Gasteiger charge is -2.17. The van der Waals surface area contributed by atoms with E-state index in [-0.39, 0.29) is 36.8 Å². The fourth-order valence-electron chi connectivity index (χ4n) is 1.60. The van der Waals surface area contributed by atoms with Crippen molar-refractivity contribution in [3.05, 3.63) is 0 Å². The standard InChI is InChI=1S/C9H15BO5/c1-5(11)13-4-8-7(14-6(2)12)3-9(10)15-8/h7-9H,3-4,10H2,1-2H3/t7-,8-,9-/m1/s1. The second-order valence-corrected chi connectivity index (χ2v) is 3.67. The minimum absolute atomic E-state index is 0.0231. The molecule has 0 aromatic carbocycles. The molecule has 0 aliphatic carbocycles. The van der Waals surface area contributed by atoms with E-state index in [1.807, 2.05) is 7.85 Å². The van der Waals surface area contributed by atoms with Gasteiger partial charge < -0.3 is 14.2 Å². The number of ether oxygens (including phenoxy) is 3. The molecule has 0 aromatic rings. The molecule has 0 N–H and O–H groups in total. The zero-order valence-corrected chi connectivity index (χ0v) is 9.19. The van der Waals surface area contributed by atoms with Gasteiger partial charge in [0.15, 0.2) is 0 Å². The number of carbonyl (C=O) groups is 2. The lowest BCUT2D eigenvalue weighted by Crippen LogP contribution is -2.31. The Morgan fingerprint density at radius 3 is 2.60 bits per heavy atom. The Bertz CT molecular complexity index is 255. The molecule has 0 unspecified atom stereocenters. The number of hydrogen-bond donors (Lipinski definition) is 0. The maximum Gasteiger partial charge on any atom is 0.302 e. The molecule has 0 saturated carbocycles. The summed E-state index contributed by atoms with van der Waals surface area (Å²) in [6.07, 6.45) is -0.00412. The topological polar surface area (TPSA) is 61.8 Å². The molecule has 0 aromatic heterocycles. The number of hydrogen-bond acceptors (Lipinski definition) is 5. The fraction of sp³-hybridized carbons (Fsp3) is 0.778. The van der Waals surface area contributed by atoms with Gasteiger partial charge in [-0.05, 0) is 0 Å². The second-order valence-electron chi connectivity index (χ2n) is 3.67. The van der Waals surface area contributed by atoms with Crippen LogP contribution in [0.4, 0.5) is 0 Å². The molecular formula is C9H15BO5. The highest BCUT2D eigenvalue weighted by molar-refractivity contribution is 6.11. The SMILES string of the molecule is B[C@H]1C[C@@H](OC(C)=O)[C@@H](COC(C)=O)O1. The molecule has 1 saturated heterocycles. The van der Waals surface area contributed by atoms with Gasteiger partial charge in [0.05, 0.1) is 0 Å². The lowest BCUT2D eigenvalue weighted by molar-refractivity contribution is -0.154. The van der Waals surface area contributed by atoms with Gasteiger partial charge in [-0.25, -0.2) is 0 Å². The van der Waals surface area contributed by atoms with E-state index in [1.165, 1.54) is 13.8 Å². The molecule has 84 valence electrons. The summed E-state index contributed by atoms with van der Waals surface area (Å²) in [5.41, 5.74) is 0. The van der Waals surface area contributed by atoms with Crippen LogP contribution in [0.2, 0.25) is 0 Å². The Morgan fingerprint density at radius 1 is 1.40 bits per heavy atom. The third-order valence-corrected chi connectivity index (χ3v) is 2.15. The van der Waals surface area contributed by atoms with Crippen LogP contribution in [0.15, 0.2) is 0 Å². The van der Waals surface area contributed by atoms with Crippen molar-refractivity contribution < 1.29 is 23.8 Å². The highest BCUT2D eigenvalue weighted by Crippen LogP contribution is 2.22. The first-order valence-corrected chi connectivity index (χ1v) is 4.95. The van der Waals surface area contributed by atoms with E-state index in [1.54, 1.807) is 0 Å². The highest BCUT2D eigenvalue weighted by atomic mass is 16.6. The van der Waals surface area contributed by atoms with Gasteiger partial charge in [-0.3, -0.25) is 9.59 Å². The van der Waals surface area contributed by atoms with Crippen LogP contribution in [0.1, 0.15) is 20.3 Å².